The molecule has 2 aliphatic heterocycles. The van der Waals surface area contributed by atoms with Crippen LogP contribution < -0.4 is 10.6 Å². The fourth-order valence-corrected chi connectivity index (χ4v) is 3.77. The van der Waals surface area contributed by atoms with E-state index in [2.05, 4.69) is 17.6 Å². The van der Waals surface area contributed by atoms with Crippen molar-refractivity contribution >= 4 is 11.8 Å². The monoisotopic (exact) mass is 329 g/mol. The molecular formula is C19H27N3O2. The molecule has 24 heavy (non-hydrogen) atoms. The molecule has 0 bridgehead atoms. The van der Waals surface area contributed by atoms with Gasteiger partial charge in [-0.2, -0.15) is 0 Å². The largest absolute Gasteiger partial charge is 0.350 e. The summed E-state index contributed by atoms with van der Waals surface area (Å²) >= 11 is 0. The number of carbonyl (C=O) groups is 2. The van der Waals surface area contributed by atoms with Crippen molar-refractivity contribution in [3.05, 3.63) is 35.9 Å². The summed E-state index contributed by atoms with van der Waals surface area (Å²) in [6.45, 7) is 6.52. The molecule has 1 aromatic carbocycles. The van der Waals surface area contributed by atoms with Crippen molar-refractivity contribution in [1.82, 2.24) is 15.5 Å². The molecule has 3 rings (SSSR count). The summed E-state index contributed by atoms with van der Waals surface area (Å²) in [4.78, 5) is 27.6. The Kier molecular flexibility index (Phi) is 4.90. The van der Waals surface area contributed by atoms with E-state index in [1.165, 1.54) is 0 Å². The van der Waals surface area contributed by atoms with Gasteiger partial charge >= 0.3 is 0 Å². The number of nitrogens with zero attached hydrogens (tertiary/aromatic N) is 1. The van der Waals surface area contributed by atoms with Crippen molar-refractivity contribution in [2.45, 2.75) is 44.7 Å². The van der Waals surface area contributed by atoms with Gasteiger partial charge in [-0.3, -0.25) is 9.59 Å². The second-order valence-corrected chi connectivity index (χ2v) is 7.25. The van der Waals surface area contributed by atoms with Gasteiger partial charge in [0.1, 0.15) is 5.54 Å². The lowest BCUT2D eigenvalue weighted by Gasteiger charge is -2.37. The zero-order chi connectivity index (χ0) is 17.2. The lowest BCUT2D eigenvalue weighted by Crippen LogP contribution is -2.60. The van der Waals surface area contributed by atoms with Crippen molar-refractivity contribution in [3.8, 4) is 0 Å². The molecule has 5 nitrogen and oxygen atoms in total. The smallest absolute Gasteiger partial charge is 0.254 e. The SMILES string of the molecule is CC1CCNCC1NC(=O)C1(C)CCCN1C(=O)c1ccccc1. The quantitative estimate of drug-likeness (QED) is 0.889. The first-order chi connectivity index (χ1) is 11.5. The number of piperidine rings is 1. The third-order valence-electron chi connectivity index (χ3n) is 5.54. The van der Waals surface area contributed by atoms with Gasteiger partial charge in [0, 0.05) is 24.7 Å². The molecule has 3 atom stereocenters. The molecule has 3 unspecified atom stereocenters. The average molecular weight is 329 g/mol. The molecule has 2 N–H and O–H groups in total. The number of rotatable bonds is 3. The molecule has 130 valence electrons. The van der Waals surface area contributed by atoms with E-state index in [9.17, 15) is 9.59 Å². The molecule has 2 heterocycles. The summed E-state index contributed by atoms with van der Waals surface area (Å²) in [5.41, 5.74) is -0.115. The summed E-state index contributed by atoms with van der Waals surface area (Å²) in [6, 6.07) is 9.37. The summed E-state index contributed by atoms with van der Waals surface area (Å²) in [5.74, 6) is 0.379. The number of amides is 2. The molecule has 2 aliphatic rings. The lowest BCUT2D eigenvalue weighted by atomic mass is 9.92. The second kappa shape index (κ2) is 6.93. The van der Waals surface area contributed by atoms with E-state index in [1.54, 1.807) is 4.90 Å². The maximum Gasteiger partial charge on any atom is 0.254 e. The van der Waals surface area contributed by atoms with Gasteiger partial charge in [0.05, 0.1) is 0 Å². The first-order valence-corrected chi connectivity index (χ1v) is 8.91. The molecular weight excluding hydrogens is 302 g/mol. The van der Waals surface area contributed by atoms with E-state index in [1.807, 2.05) is 37.3 Å². The lowest BCUT2D eigenvalue weighted by molar-refractivity contribution is -0.131. The number of likely N-dealkylation sites (tertiary alicyclic amines) is 1. The first kappa shape index (κ1) is 17.0. The van der Waals surface area contributed by atoms with Crippen LogP contribution in [0.2, 0.25) is 0 Å². The molecule has 0 aromatic heterocycles. The number of hydrogen-bond donors (Lipinski definition) is 2. The Labute approximate surface area is 143 Å². The third-order valence-corrected chi connectivity index (χ3v) is 5.54. The van der Waals surface area contributed by atoms with Crippen LogP contribution in [-0.4, -0.2) is 47.9 Å². The minimum absolute atomic E-state index is 0.0233. The van der Waals surface area contributed by atoms with E-state index in [-0.39, 0.29) is 17.9 Å². The third kappa shape index (κ3) is 3.18. The zero-order valence-electron chi connectivity index (χ0n) is 14.5. The zero-order valence-corrected chi connectivity index (χ0v) is 14.5. The minimum Gasteiger partial charge on any atom is -0.350 e. The van der Waals surface area contributed by atoms with E-state index in [0.29, 0.717) is 24.4 Å². The van der Waals surface area contributed by atoms with Crippen molar-refractivity contribution < 1.29 is 9.59 Å². The minimum atomic E-state index is -0.760. The Balaban J connectivity index is 1.74. The van der Waals surface area contributed by atoms with E-state index in [4.69, 9.17) is 0 Å². The maximum absolute atomic E-state index is 13.0. The predicted molar refractivity (Wildman–Crippen MR) is 93.7 cm³/mol. The number of carbonyl (C=O) groups excluding carboxylic acids is 2. The van der Waals surface area contributed by atoms with Crippen LogP contribution in [0.15, 0.2) is 30.3 Å². The number of benzene rings is 1. The Morgan fingerprint density at radius 1 is 1.29 bits per heavy atom. The number of hydrogen-bond acceptors (Lipinski definition) is 3. The van der Waals surface area contributed by atoms with E-state index >= 15 is 0 Å². The second-order valence-electron chi connectivity index (χ2n) is 7.25. The van der Waals surface area contributed by atoms with Crippen LogP contribution in [0.5, 0.6) is 0 Å². The van der Waals surface area contributed by atoms with Crippen molar-refractivity contribution in [2.24, 2.45) is 5.92 Å². The van der Waals surface area contributed by atoms with Crippen LogP contribution in [0.1, 0.15) is 43.5 Å². The van der Waals surface area contributed by atoms with Gasteiger partial charge in [0.15, 0.2) is 0 Å². The summed E-state index contributed by atoms with van der Waals surface area (Å²) in [7, 11) is 0. The van der Waals surface area contributed by atoms with Gasteiger partial charge in [0.2, 0.25) is 5.91 Å². The van der Waals surface area contributed by atoms with Gasteiger partial charge < -0.3 is 15.5 Å². The summed E-state index contributed by atoms with van der Waals surface area (Å²) < 4.78 is 0. The van der Waals surface area contributed by atoms with Crippen molar-refractivity contribution in [2.75, 3.05) is 19.6 Å². The van der Waals surface area contributed by atoms with Gasteiger partial charge in [-0.25, -0.2) is 0 Å². The molecule has 0 saturated carbocycles. The fraction of sp³-hybridized carbons (Fsp3) is 0.579. The molecule has 0 radical (unpaired) electrons. The Morgan fingerprint density at radius 2 is 2.04 bits per heavy atom. The fourth-order valence-electron chi connectivity index (χ4n) is 3.77. The molecule has 2 amide bonds. The van der Waals surface area contributed by atoms with Crippen molar-refractivity contribution in [3.63, 3.8) is 0 Å². The highest BCUT2D eigenvalue weighted by Gasteiger charge is 2.46. The predicted octanol–water partition coefficient (Wildman–Crippen LogP) is 1.80. The highest BCUT2D eigenvalue weighted by Crippen LogP contribution is 2.31. The van der Waals surface area contributed by atoms with Crippen LogP contribution in [0.25, 0.3) is 0 Å². The molecule has 2 saturated heterocycles. The Morgan fingerprint density at radius 3 is 2.75 bits per heavy atom. The Hall–Kier alpha value is -1.88. The summed E-state index contributed by atoms with van der Waals surface area (Å²) in [5, 5.41) is 6.53. The topological polar surface area (TPSA) is 61.4 Å². The molecule has 5 heteroatoms. The van der Waals surface area contributed by atoms with Gasteiger partial charge in [-0.05, 0) is 50.8 Å². The van der Waals surface area contributed by atoms with E-state index < -0.39 is 5.54 Å². The van der Waals surface area contributed by atoms with Gasteiger partial charge in [0.25, 0.3) is 5.91 Å². The van der Waals surface area contributed by atoms with E-state index in [0.717, 1.165) is 25.9 Å². The van der Waals surface area contributed by atoms with Crippen LogP contribution in [0.3, 0.4) is 0 Å². The van der Waals surface area contributed by atoms with Crippen LogP contribution in [-0.2, 0) is 4.79 Å². The van der Waals surface area contributed by atoms with Crippen LogP contribution in [0.4, 0.5) is 0 Å². The first-order valence-electron chi connectivity index (χ1n) is 8.91. The Bertz CT molecular complexity index is 604. The highest BCUT2D eigenvalue weighted by molar-refractivity contribution is 5.99. The van der Waals surface area contributed by atoms with Crippen LogP contribution in [0, 0.1) is 5.92 Å². The van der Waals surface area contributed by atoms with Crippen molar-refractivity contribution in [1.29, 1.82) is 0 Å². The molecule has 0 aliphatic carbocycles. The standard InChI is InChI=1S/C19H27N3O2/c1-14-9-11-20-13-16(14)21-18(24)19(2)10-6-12-22(19)17(23)15-7-4-3-5-8-15/h3-5,7-8,14,16,20H,6,9-13H2,1-2H3,(H,21,24). The van der Waals surface area contributed by atoms with Gasteiger partial charge in [-0.15, -0.1) is 0 Å². The molecule has 2 fully saturated rings. The highest BCUT2D eigenvalue weighted by atomic mass is 16.2. The number of nitrogens with one attached hydrogen (secondary N) is 2. The van der Waals surface area contributed by atoms with Crippen LogP contribution >= 0.6 is 0 Å². The maximum atomic E-state index is 13.0. The summed E-state index contributed by atoms with van der Waals surface area (Å²) in [6.07, 6.45) is 2.64. The van der Waals surface area contributed by atoms with Gasteiger partial charge in [-0.1, -0.05) is 25.1 Å². The normalized spacial score (nSPS) is 30.2. The molecule has 0 spiro atoms. The average Bonchev–Trinajstić information content (AvgIpc) is 3.00. The molecule has 1 aromatic rings.